The molecule has 0 saturated carbocycles. The van der Waals surface area contributed by atoms with Gasteiger partial charge < -0.3 is 0 Å². The molecular weight excluding hydrogens is 220 g/mol. The molecule has 0 spiro atoms. The van der Waals surface area contributed by atoms with Crippen LogP contribution >= 0.6 is 0 Å². The number of carbonyl (C=O) groups is 1. The lowest BCUT2D eigenvalue weighted by Gasteiger charge is -1.95. The van der Waals surface area contributed by atoms with E-state index < -0.39 is 0 Å². The monoisotopic (exact) mass is 238 g/mol. The van der Waals surface area contributed by atoms with Crippen molar-refractivity contribution >= 4 is 11.9 Å². The van der Waals surface area contributed by atoms with Crippen molar-refractivity contribution in [3.8, 4) is 0 Å². The highest BCUT2D eigenvalue weighted by atomic mass is 16.1. The van der Waals surface area contributed by atoms with Gasteiger partial charge in [-0.15, -0.1) is 0 Å². The molecule has 1 aromatic rings. The van der Waals surface area contributed by atoms with Gasteiger partial charge in [0.05, 0.1) is 0 Å². The van der Waals surface area contributed by atoms with E-state index in [0.717, 1.165) is 5.56 Å². The summed E-state index contributed by atoms with van der Waals surface area (Å²) < 4.78 is 0. The summed E-state index contributed by atoms with van der Waals surface area (Å²) in [5.74, 6) is 0.0158. The molecule has 1 nitrogen and oxygen atoms in total. The summed E-state index contributed by atoms with van der Waals surface area (Å²) in [5, 5.41) is 0. The zero-order valence-corrected chi connectivity index (χ0v) is 10.8. The number of hydrogen-bond donors (Lipinski definition) is 0. The van der Waals surface area contributed by atoms with Crippen LogP contribution in [0.3, 0.4) is 0 Å². The van der Waals surface area contributed by atoms with Crippen LogP contribution in [0.25, 0.3) is 6.08 Å². The molecule has 0 saturated heterocycles. The van der Waals surface area contributed by atoms with E-state index in [2.05, 4.69) is 0 Å². The van der Waals surface area contributed by atoms with Gasteiger partial charge in [0.2, 0.25) is 0 Å². The predicted molar refractivity (Wildman–Crippen MR) is 78.2 cm³/mol. The number of rotatable bonds is 5. The van der Waals surface area contributed by atoms with Crippen molar-refractivity contribution in [2.75, 3.05) is 0 Å². The molecule has 0 aliphatic carbocycles. The molecule has 92 valence electrons. The van der Waals surface area contributed by atoms with Crippen molar-refractivity contribution in [3.63, 3.8) is 0 Å². The third-order valence-corrected chi connectivity index (χ3v) is 2.40. The van der Waals surface area contributed by atoms with Gasteiger partial charge in [-0.05, 0) is 25.5 Å². The predicted octanol–water partition coefficient (Wildman–Crippen LogP) is 4.35. The summed E-state index contributed by atoms with van der Waals surface area (Å²) in [7, 11) is 0. The first kappa shape index (κ1) is 13.9. The van der Waals surface area contributed by atoms with Crippen LogP contribution in [0.15, 0.2) is 72.4 Å². The molecule has 0 unspecified atom stereocenters. The fourth-order valence-electron chi connectivity index (χ4n) is 1.42. The first-order chi connectivity index (χ1) is 8.77. The van der Waals surface area contributed by atoms with Gasteiger partial charge in [-0.1, -0.05) is 66.8 Å². The molecule has 0 bridgehead atoms. The summed E-state index contributed by atoms with van der Waals surface area (Å²) in [6.45, 7) is 3.81. The van der Waals surface area contributed by atoms with Gasteiger partial charge in [0, 0.05) is 5.57 Å². The van der Waals surface area contributed by atoms with Gasteiger partial charge >= 0.3 is 0 Å². The summed E-state index contributed by atoms with van der Waals surface area (Å²) in [6, 6.07) is 9.79. The van der Waals surface area contributed by atoms with Gasteiger partial charge in [0.25, 0.3) is 0 Å². The second-order valence-electron chi connectivity index (χ2n) is 3.74. The van der Waals surface area contributed by atoms with Crippen LogP contribution < -0.4 is 0 Å². The molecule has 0 amide bonds. The van der Waals surface area contributed by atoms with Crippen LogP contribution in [0.1, 0.15) is 19.4 Å². The van der Waals surface area contributed by atoms with E-state index in [-0.39, 0.29) is 5.78 Å². The first-order valence-corrected chi connectivity index (χ1v) is 6.01. The smallest absolute Gasteiger partial charge is 0.185 e. The Balaban J connectivity index is 2.72. The number of hydrogen-bond acceptors (Lipinski definition) is 1. The van der Waals surface area contributed by atoms with Gasteiger partial charge in [-0.2, -0.15) is 0 Å². The summed E-state index contributed by atoms with van der Waals surface area (Å²) in [4.78, 5) is 11.9. The summed E-state index contributed by atoms with van der Waals surface area (Å²) >= 11 is 0. The van der Waals surface area contributed by atoms with Gasteiger partial charge in [-0.25, -0.2) is 0 Å². The van der Waals surface area contributed by atoms with E-state index in [1.807, 2.05) is 80.6 Å². The van der Waals surface area contributed by atoms with Crippen molar-refractivity contribution in [1.29, 1.82) is 0 Å². The van der Waals surface area contributed by atoms with E-state index in [1.54, 1.807) is 6.08 Å². The molecule has 0 fully saturated rings. The zero-order valence-electron chi connectivity index (χ0n) is 10.8. The van der Waals surface area contributed by atoms with E-state index in [4.69, 9.17) is 0 Å². The standard InChI is InChI=1S/C17H18O/c1-3-5-7-12-16(4-2)17(18)14-13-15-10-8-6-9-11-15/h3-14H,1-2H3/b5-3-,12-7-,14-13+,16-4+. The fraction of sp³-hybridized carbons (Fsp3) is 0.118. The van der Waals surface area contributed by atoms with Crippen molar-refractivity contribution in [2.24, 2.45) is 0 Å². The Bertz CT molecular complexity index is 488. The molecule has 18 heavy (non-hydrogen) atoms. The molecule has 0 aliphatic heterocycles. The molecule has 0 heterocycles. The van der Waals surface area contributed by atoms with E-state index in [1.165, 1.54) is 0 Å². The average molecular weight is 238 g/mol. The fourth-order valence-corrected chi connectivity index (χ4v) is 1.42. The number of benzene rings is 1. The number of ketones is 1. The SMILES string of the molecule is C\C=C/C=C\C(=C/C)C(=O)/C=C/c1ccccc1. The molecule has 0 N–H and O–H groups in total. The van der Waals surface area contributed by atoms with Crippen LogP contribution in [0, 0.1) is 0 Å². The first-order valence-electron chi connectivity index (χ1n) is 6.01. The molecule has 0 aromatic heterocycles. The summed E-state index contributed by atoms with van der Waals surface area (Å²) in [6.07, 6.45) is 12.8. The van der Waals surface area contributed by atoms with Gasteiger partial charge in [0.1, 0.15) is 0 Å². The highest BCUT2D eigenvalue weighted by Crippen LogP contribution is 2.05. The van der Waals surface area contributed by atoms with Crippen LogP contribution in [0.2, 0.25) is 0 Å². The van der Waals surface area contributed by atoms with Crippen LogP contribution in [-0.4, -0.2) is 5.78 Å². The number of carbonyl (C=O) groups excluding carboxylic acids is 1. The van der Waals surface area contributed by atoms with Crippen molar-refractivity contribution < 1.29 is 4.79 Å². The lowest BCUT2D eigenvalue weighted by atomic mass is 10.1. The molecule has 1 aromatic carbocycles. The highest BCUT2D eigenvalue weighted by Gasteiger charge is 1.99. The molecule has 0 atom stereocenters. The molecule has 0 radical (unpaired) electrons. The quantitative estimate of drug-likeness (QED) is 0.550. The molecular formula is C17H18O. The minimum absolute atomic E-state index is 0.0158. The Labute approximate surface area is 109 Å². The molecule has 0 aliphatic rings. The highest BCUT2D eigenvalue weighted by molar-refractivity contribution is 6.08. The lowest BCUT2D eigenvalue weighted by molar-refractivity contribution is -0.111. The molecule has 1 heteroatoms. The Morgan fingerprint density at radius 2 is 1.72 bits per heavy atom. The normalized spacial score (nSPS) is 12.9. The third kappa shape index (κ3) is 4.79. The van der Waals surface area contributed by atoms with Crippen molar-refractivity contribution in [2.45, 2.75) is 13.8 Å². The molecule has 1 rings (SSSR count). The minimum atomic E-state index is 0.0158. The van der Waals surface area contributed by atoms with Crippen LogP contribution in [0.5, 0.6) is 0 Å². The Kier molecular flexibility index (Phi) is 6.20. The second-order valence-corrected chi connectivity index (χ2v) is 3.74. The Hall–Kier alpha value is -2.15. The lowest BCUT2D eigenvalue weighted by Crippen LogP contribution is -1.94. The third-order valence-electron chi connectivity index (χ3n) is 2.40. The van der Waals surface area contributed by atoms with E-state index in [0.29, 0.717) is 5.57 Å². The largest absolute Gasteiger partial charge is 0.289 e. The maximum absolute atomic E-state index is 11.9. The summed E-state index contributed by atoms with van der Waals surface area (Å²) in [5.41, 5.74) is 1.72. The second kappa shape index (κ2) is 8.02. The maximum atomic E-state index is 11.9. The van der Waals surface area contributed by atoms with Gasteiger partial charge in [0.15, 0.2) is 5.78 Å². The Morgan fingerprint density at radius 3 is 2.33 bits per heavy atom. The van der Waals surface area contributed by atoms with Crippen LogP contribution in [-0.2, 0) is 4.79 Å². The van der Waals surface area contributed by atoms with E-state index in [9.17, 15) is 4.79 Å². The van der Waals surface area contributed by atoms with Crippen LogP contribution in [0.4, 0.5) is 0 Å². The zero-order chi connectivity index (χ0) is 13.2. The number of allylic oxidation sites excluding steroid dienone is 7. The van der Waals surface area contributed by atoms with Crippen molar-refractivity contribution in [3.05, 3.63) is 77.9 Å². The average Bonchev–Trinajstić information content (AvgIpc) is 2.42. The minimum Gasteiger partial charge on any atom is -0.289 e. The maximum Gasteiger partial charge on any atom is 0.185 e. The van der Waals surface area contributed by atoms with Crippen molar-refractivity contribution in [1.82, 2.24) is 0 Å². The Morgan fingerprint density at radius 1 is 1.00 bits per heavy atom. The van der Waals surface area contributed by atoms with Gasteiger partial charge in [-0.3, -0.25) is 4.79 Å². The topological polar surface area (TPSA) is 17.1 Å². The van der Waals surface area contributed by atoms with E-state index >= 15 is 0 Å².